The molecule has 1 amide bonds. The average molecular weight is 590 g/mol. The summed E-state index contributed by atoms with van der Waals surface area (Å²) in [6, 6.07) is 12.3. The zero-order valence-corrected chi connectivity index (χ0v) is 24.8. The third-order valence-corrected chi connectivity index (χ3v) is 9.78. The average Bonchev–Trinajstić information content (AvgIpc) is 3.69. The van der Waals surface area contributed by atoms with Gasteiger partial charge < -0.3 is 15.2 Å². The number of anilines is 3. The molecule has 2 aromatic carbocycles. The van der Waals surface area contributed by atoms with Crippen LogP contribution in [0.5, 0.6) is 0 Å². The topological polar surface area (TPSA) is 79.3 Å². The van der Waals surface area contributed by atoms with Gasteiger partial charge in [-0.15, -0.1) is 11.3 Å². The van der Waals surface area contributed by atoms with Crippen LogP contribution in [0, 0.1) is 11.6 Å². The first-order valence-electron chi connectivity index (χ1n) is 14.2. The number of nitrogens with one attached hydrogen (secondary N) is 2. The molecule has 6 rings (SSSR count). The highest BCUT2D eigenvalue weighted by atomic mass is 32.1. The third kappa shape index (κ3) is 5.25. The number of halogens is 2. The van der Waals surface area contributed by atoms with Gasteiger partial charge in [0, 0.05) is 42.0 Å². The van der Waals surface area contributed by atoms with Gasteiger partial charge in [0.15, 0.2) is 11.6 Å². The van der Waals surface area contributed by atoms with Gasteiger partial charge in [0.2, 0.25) is 0 Å². The minimum Gasteiger partial charge on any atom is -0.336 e. The zero-order valence-electron chi connectivity index (χ0n) is 24.0. The van der Waals surface area contributed by atoms with E-state index in [1.807, 2.05) is 30.3 Å². The highest BCUT2D eigenvalue weighted by molar-refractivity contribution is 7.14. The largest absolute Gasteiger partial charge is 0.336 e. The number of carbonyl (C=O) groups is 1. The molecule has 2 aromatic heterocycles. The molecule has 2 aliphatic rings. The Morgan fingerprint density at radius 1 is 1.14 bits per heavy atom. The Labute approximate surface area is 247 Å². The molecule has 2 atom stereocenters. The molecule has 0 radical (unpaired) electrons. The Bertz CT molecular complexity index is 1700. The van der Waals surface area contributed by atoms with Gasteiger partial charge in [0.05, 0.1) is 10.6 Å². The van der Waals surface area contributed by atoms with Crippen LogP contribution in [0.2, 0.25) is 0 Å². The summed E-state index contributed by atoms with van der Waals surface area (Å²) in [6.45, 7) is 5.04. The second-order valence-corrected chi connectivity index (χ2v) is 12.7. The summed E-state index contributed by atoms with van der Waals surface area (Å²) in [4.78, 5) is 34.2. The SMILES string of the molecule is CC(C)N(C)Cc1ccc(Nc2nc(-c3ccc(F)c(NC(=O)c4cc5c(s4)C4CCC5C4)c3F)cn(C)c2=O)cc1. The molecular weight excluding hydrogens is 556 g/mol. The number of aromatic nitrogens is 2. The molecule has 0 saturated heterocycles. The molecule has 10 heteroatoms. The maximum absolute atomic E-state index is 15.8. The van der Waals surface area contributed by atoms with Gasteiger partial charge in [-0.05, 0) is 93.5 Å². The number of aryl methyl sites for hydroxylation is 1. The van der Waals surface area contributed by atoms with Crippen LogP contribution in [0.25, 0.3) is 11.3 Å². The fourth-order valence-electron chi connectivity index (χ4n) is 5.83. The van der Waals surface area contributed by atoms with E-state index >= 15 is 4.39 Å². The minimum atomic E-state index is -0.955. The fourth-order valence-corrected chi connectivity index (χ4v) is 7.12. The van der Waals surface area contributed by atoms with E-state index in [-0.39, 0.29) is 17.1 Å². The highest BCUT2D eigenvalue weighted by Gasteiger charge is 2.39. The maximum atomic E-state index is 15.8. The molecule has 2 aliphatic carbocycles. The second-order valence-electron chi connectivity index (χ2n) is 11.6. The summed E-state index contributed by atoms with van der Waals surface area (Å²) in [5.74, 6) is -1.40. The van der Waals surface area contributed by atoms with Crippen LogP contribution in [-0.4, -0.2) is 33.4 Å². The maximum Gasteiger partial charge on any atom is 0.293 e. The molecule has 1 saturated carbocycles. The molecule has 218 valence electrons. The fraction of sp³-hybridized carbons (Fsp3) is 0.344. The molecule has 2 unspecified atom stereocenters. The molecule has 2 N–H and O–H groups in total. The number of amides is 1. The Balaban J connectivity index is 1.25. The first-order valence-corrected chi connectivity index (χ1v) is 15.0. The van der Waals surface area contributed by atoms with Gasteiger partial charge in [0.1, 0.15) is 11.5 Å². The Morgan fingerprint density at radius 3 is 2.60 bits per heavy atom. The van der Waals surface area contributed by atoms with Crippen LogP contribution in [0.1, 0.15) is 70.6 Å². The van der Waals surface area contributed by atoms with E-state index < -0.39 is 28.8 Å². The van der Waals surface area contributed by atoms with Crippen LogP contribution < -0.4 is 16.2 Å². The quantitative estimate of drug-likeness (QED) is 0.232. The lowest BCUT2D eigenvalue weighted by Gasteiger charge is -2.21. The van der Waals surface area contributed by atoms with E-state index in [1.165, 1.54) is 45.7 Å². The molecule has 2 heterocycles. The molecule has 7 nitrogen and oxygen atoms in total. The summed E-state index contributed by atoms with van der Waals surface area (Å²) < 4.78 is 31.9. The van der Waals surface area contributed by atoms with Crippen molar-refractivity contribution in [1.29, 1.82) is 0 Å². The molecular formula is C32H33F2N5O2S. The second kappa shape index (κ2) is 11.1. The van der Waals surface area contributed by atoms with Crippen LogP contribution in [0.4, 0.5) is 26.0 Å². The van der Waals surface area contributed by atoms with E-state index in [1.54, 1.807) is 0 Å². The normalized spacial score (nSPS) is 17.2. The standard InChI is InChI=1S/C32H33F2N5O2S/c1-17(2)38(3)15-18-5-9-21(10-6-18)35-30-32(41)39(4)16-25(36-30)22-11-12-24(33)28(27(22)34)37-31(40)26-14-23-19-7-8-20(13-19)29(23)42-26/h5-6,9-12,14,16-17,19-20H,7-8,13,15H2,1-4H3,(H,35,36)(H,37,40). The lowest BCUT2D eigenvalue weighted by atomic mass is 9.99. The highest BCUT2D eigenvalue weighted by Crippen LogP contribution is 2.56. The van der Waals surface area contributed by atoms with Crippen molar-refractivity contribution in [3.63, 3.8) is 0 Å². The van der Waals surface area contributed by atoms with Crippen molar-refractivity contribution in [1.82, 2.24) is 14.5 Å². The Kier molecular flexibility index (Phi) is 7.44. The lowest BCUT2D eigenvalue weighted by Crippen LogP contribution is -2.25. The van der Waals surface area contributed by atoms with Crippen molar-refractivity contribution >= 4 is 34.4 Å². The van der Waals surface area contributed by atoms with Crippen molar-refractivity contribution in [3.05, 3.63) is 91.5 Å². The number of hydrogen-bond donors (Lipinski definition) is 2. The van der Waals surface area contributed by atoms with E-state index in [2.05, 4.69) is 41.4 Å². The first kappa shape index (κ1) is 28.2. The van der Waals surface area contributed by atoms with E-state index in [0.29, 0.717) is 28.4 Å². The Hall–Kier alpha value is -3.89. The summed E-state index contributed by atoms with van der Waals surface area (Å²) in [7, 11) is 3.59. The number of carbonyl (C=O) groups excluding carboxylic acids is 1. The zero-order chi connectivity index (χ0) is 29.7. The molecule has 1 fully saturated rings. The summed E-state index contributed by atoms with van der Waals surface area (Å²) in [5, 5.41) is 5.49. The number of nitrogens with zero attached hydrogens (tertiary/aromatic N) is 3. The number of thiophene rings is 1. The molecule has 2 bridgehead atoms. The van der Waals surface area contributed by atoms with Crippen molar-refractivity contribution in [3.8, 4) is 11.3 Å². The van der Waals surface area contributed by atoms with Crippen molar-refractivity contribution in [2.75, 3.05) is 17.7 Å². The van der Waals surface area contributed by atoms with Crippen molar-refractivity contribution in [2.45, 2.75) is 57.5 Å². The van der Waals surface area contributed by atoms with E-state index in [9.17, 15) is 14.0 Å². The number of hydrogen-bond acceptors (Lipinski definition) is 6. The minimum absolute atomic E-state index is 0.000842. The third-order valence-electron chi connectivity index (χ3n) is 8.46. The van der Waals surface area contributed by atoms with Crippen LogP contribution >= 0.6 is 11.3 Å². The van der Waals surface area contributed by atoms with Gasteiger partial charge in [-0.3, -0.25) is 14.5 Å². The Morgan fingerprint density at radius 2 is 1.88 bits per heavy atom. The monoisotopic (exact) mass is 589 g/mol. The lowest BCUT2D eigenvalue weighted by molar-refractivity contribution is 0.102. The van der Waals surface area contributed by atoms with Crippen LogP contribution in [-0.2, 0) is 13.6 Å². The van der Waals surface area contributed by atoms with Crippen LogP contribution in [0.3, 0.4) is 0 Å². The van der Waals surface area contributed by atoms with Gasteiger partial charge in [-0.1, -0.05) is 12.1 Å². The van der Waals surface area contributed by atoms with Gasteiger partial charge in [-0.2, -0.15) is 0 Å². The van der Waals surface area contributed by atoms with E-state index in [4.69, 9.17) is 0 Å². The van der Waals surface area contributed by atoms with Crippen molar-refractivity contribution < 1.29 is 13.6 Å². The van der Waals surface area contributed by atoms with Crippen LogP contribution in [0.15, 0.2) is 53.5 Å². The van der Waals surface area contributed by atoms with Gasteiger partial charge in [-0.25, -0.2) is 13.8 Å². The predicted octanol–water partition coefficient (Wildman–Crippen LogP) is 6.99. The first-order chi connectivity index (χ1) is 20.1. The predicted molar refractivity (Wildman–Crippen MR) is 163 cm³/mol. The van der Waals surface area contributed by atoms with Gasteiger partial charge >= 0.3 is 0 Å². The summed E-state index contributed by atoms with van der Waals surface area (Å²) in [5.41, 5.74) is 2.12. The van der Waals surface area contributed by atoms with E-state index in [0.717, 1.165) is 37.4 Å². The number of fused-ring (bicyclic) bond motifs is 5. The molecule has 4 aromatic rings. The number of rotatable bonds is 8. The number of benzene rings is 2. The van der Waals surface area contributed by atoms with Crippen molar-refractivity contribution in [2.24, 2.45) is 7.05 Å². The summed E-state index contributed by atoms with van der Waals surface area (Å²) >= 11 is 1.42. The summed E-state index contributed by atoms with van der Waals surface area (Å²) in [6.07, 6.45) is 4.79. The smallest absolute Gasteiger partial charge is 0.293 e. The molecule has 0 spiro atoms. The van der Waals surface area contributed by atoms with Gasteiger partial charge in [0.25, 0.3) is 11.5 Å². The molecule has 42 heavy (non-hydrogen) atoms. The molecule has 0 aliphatic heterocycles.